The predicted octanol–water partition coefficient (Wildman–Crippen LogP) is 3.51. The molecule has 1 saturated carbocycles. The molecule has 0 unspecified atom stereocenters. The van der Waals surface area contributed by atoms with Gasteiger partial charge in [-0.05, 0) is 37.1 Å². The van der Waals surface area contributed by atoms with E-state index in [0.29, 0.717) is 11.4 Å². The average Bonchev–Trinajstić information content (AvgIpc) is 3.15. The molecule has 2 aromatic rings. The van der Waals surface area contributed by atoms with Crippen molar-refractivity contribution >= 4 is 17.3 Å². The average molecular weight is 341 g/mol. The molecular formula is C19H23N3O3. The van der Waals surface area contributed by atoms with Gasteiger partial charge in [-0.15, -0.1) is 0 Å². The summed E-state index contributed by atoms with van der Waals surface area (Å²) >= 11 is 0. The van der Waals surface area contributed by atoms with E-state index in [1.54, 1.807) is 26.5 Å². The third kappa shape index (κ3) is 4.21. The number of aromatic nitrogens is 1. The van der Waals surface area contributed by atoms with Crippen LogP contribution in [0.2, 0.25) is 0 Å². The Labute approximate surface area is 147 Å². The standard InChI is InChI=1S/C19H23N3O3/c1-24-15-8-10-18(25-2)17(11-15)21-14-7-9-16(20-12-14)19(23)22-13-5-3-4-6-13/h7-13,21H,3-6H2,1-2H3,(H,22,23). The Bertz CT molecular complexity index is 725. The molecule has 25 heavy (non-hydrogen) atoms. The number of hydrogen-bond acceptors (Lipinski definition) is 5. The van der Waals surface area contributed by atoms with Gasteiger partial charge in [0.2, 0.25) is 0 Å². The number of ether oxygens (including phenoxy) is 2. The maximum absolute atomic E-state index is 12.2. The number of anilines is 2. The molecule has 1 aliphatic rings. The molecule has 0 bridgehead atoms. The van der Waals surface area contributed by atoms with Crippen molar-refractivity contribution < 1.29 is 14.3 Å². The molecule has 3 rings (SSSR count). The highest BCUT2D eigenvalue weighted by Gasteiger charge is 2.18. The van der Waals surface area contributed by atoms with Crippen LogP contribution in [-0.4, -0.2) is 31.2 Å². The van der Waals surface area contributed by atoms with Crippen LogP contribution in [-0.2, 0) is 0 Å². The van der Waals surface area contributed by atoms with Gasteiger partial charge in [-0.3, -0.25) is 4.79 Å². The van der Waals surface area contributed by atoms with Crippen LogP contribution in [0.15, 0.2) is 36.5 Å². The summed E-state index contributed by atoms with van der Waals surface area (Å²) in [6.45, 7) is 0. The van der Waals surface area contributed by atoms with Gasteiger partial charge in [0, 0.05) is 12.1 Å². The number of carbonyl (C=O) groups excluding carboxylic acids is 1. The van der Waals surface area contributed by atoms with Crippen molar-refractivity contribution in [1.82, 2.24) is 10.3 Å². The number of nitrogens with one attached hydrogen (secondary N) is 2. The minimum Gasteiger partial charge on any atom is -0.497 e. The Balaban J connectivity index is 1.69. The van der Waals surface area contributed by atoms with Crippen LogP contribution in [0.25, 0.3) is 0 Å². The Morgan fingerprint density at radius 2 is 1.92 bits per heavy atom. The second-order valence-electron chi connectivity index (χ2n) is 6.08. The summed E-state index contributed by atoms with van der Waals surface area (Å²) in [5, 5.41) is 6.28. The van der Waals surface area contributed by atoms with E-state index in [1.807, 2.05) is 24.3 Å². The van der Waals surface area contributed by atoms with Gasteiger partial charge in [0.25, 0.3) is 5.91 Å². The van der Waals surface area contributed by atoms with E-state index >= 15 is 0 Å². The molecule has 1 aromatic carbocycles. The first-order chi connectivity index (χ1) is 12.2. The summed E-state index contributed by atoms with van der Waals surface area (Å²) in [5.41, 5.74) is 1.96. The lowest BCUT2D eigenvalue weighted by molar-refractivity contribution is 0.0933. The zero-order chi connectivity index (χ0) is 17.6. The molecule has 6 heteroatoms. The molecule has 6 nitrogen and oxygen atoms in total. The van der Waals surface area contributed by atoms with E-state index < -0.39 is 0 Å². The zero-order valence-electron chi connectivity index (χ0n) is 14.5. The SMILES string of the molecule is COc1ccc(OC)c(Nc2ccc(C(=O)NC3CCCC3)nc2)c1. The molecule has 1 amide bonds. The molecule has 132 valence electrons. The van der Waals surface area contributed by atoms with Gasteiger partial charge in [0.05, 0.1) is 31.8 Å². The van der Waals surface area contributed by atoms with Crippen LogP contribution in [0.1, 0.15) is 36.2 Å². The molecule has 1 aliphatic carbocycles. The van der Waals surface area contributed by atoms with E-state index in [2.05, 4.69) is 15.6 Å². The Morgan fingerprint density at radius 1 is 1.12 bits per heavy atom. The topological polar surface area (TPSA) is 72.5 Å². The van der Waals surface area contributed by atoms with Crippen LogP contribution in [0.5, 0.6) is 11.5 Å². The predicted molar refractivity (Wildman–Crippen MR) is 96.8 cm³/mol. The molecule has 1 fully saturated rings. The normalized spacial score (nSPS) is 14.2. The maximum atomic E-state index is 12.2. The summed E-state index contributed by atoms with van der Waals surface area (Å²) < 4.78 is 10.6. The third-order valence-electron chi connectivity index (χ3n) is 4.37. The van der Waals surface area contributed by atoms with Gasteiger partial charge >= 0.3 is 0 Å². The third-order valence-corrected chi connectivity index (χ3v) is 4.37. The summed E-state index contributed by atoms with van der Waals surface area (Å²) in [4.78, 5) is 16.5. The lowest BCUT2D eigenvalue weighted by atomic mass is 10.2. The largest absolute Gasteiger partial charge is 0.497 e. The van der Waals surface area contributed by atoms with Gasteiger partial charge in [0.15, 0.2) is 0 Å². The van der Waals surface area contributed by atoms with E-state index in [9.17, 15) is 4.79 Å². The minimum absolute atomic E-state index is 0.114. The van der Waals surface area contributed by atoms with Crippen LogP contribution in [0, 0.1) is 0 Å². The first-order valence-electron chi connectivity index (χ1n) is 8.45. The molecule has 0 saturated heterocycles. The highest BCUT2D eigenvalue weighted by atomic mass is 16.5. The first kappa shape index (κ1) is 17.1. The summed E-state index contributed by atoms with van der Waals surface area (Å²) in [6, 6.07) is 9.35. The zero-order valence-corrected chi connectivity index (χ0v) is 14.5. The number of benzene rings is 1. The number of amides is 1. The Hall–Kier alpha value is -2.76. The van der Waals surface area contributed by atoms with Crippen molar-refractivity contribution in [3.05, 3.63) is 42.2 Å². The van der Waals surface area contributed by atoms with E-state index in [0.717, 1.165) is 30.0 Å². The van der Waals surface area contributed by atoms with Gasteiger partial charge < -0.3 is 20.1 Å². The molecule has 0 atom stereocenters. The van der Waals surface area contributed by atoms with E-state index in [4.69, 9.17) is 9.47 Å². The van der Waals surface area contributed by atoms with Crippen molar-refractivity contribution in [2.45, 2.75) is 31.7 Å². The summed E-state index contributed by atoms with van der Waals surface area (Å²) in [6.07, 6.45) is 6.12. The van der Waals surface area contributed by atoms with Crippen LogP contribution < -0.4 is 20.1 Å². The van der Waals surface area contributed by atoms with Crippen LogP contribution in [0.4, 0.5) is 11.4 Å². The number of carbonyl (C=O) groups is 1. The van der Waals surface area contributed by atoms with Crippen molar-refractivity contribution in [3.63, 3.8) is 0 Å². The number of methoxy groups -OCH3 is 2. The molecule has 2 N–H and O–H groups in total. The molecule has 0 aliphatic heterocycles. The molecular weight excluding hydrogens is 318 g/mol. The van der Waals surface area contributed by atoms with E-state index in [1.165, 1.54) is 12.8 Å². The quantitative estimate of drug-likeness (QED) is 0.841. The smallest absolute Gasteiger partial charge is 0.270 e. The fourth-order valence-corrected chi connectivity index (χ4v) is 3.00. The fourth-order valence-electron chi connectivity index (χ4n) is 3.00. The summed E-state index contributed by atoms with van der Waals surface area (Å²) in [5.74, 6) is 1.31. The van der Waals surface area contributed by atoms with Crippen molar-refractivity contribution in [2.75, 3.05) is 19.5 Å². The highest BCUT2D eigenvalue weighted by Crippen LogP contribution is 2.31. The lowest BCUT2D eigenvalue weighted by Crippen LogP contribution is -2.33. The Kier molecular flexibility index (Phi) is 5.38. The number of nitrogens with zero attached hydrogens (tertiary/aromatic N) is 1. The van der Waals surface area contributed by atoms with Crippen molar-refractivity contribution in [2.24, 2.45) is 0 Å². The number of hydrogen-bond donors (Lipinski definition) is 2. The van der Waals surface area contributed by atoms with Crippen LogP contribution >= 0.6 is 0 Å². The molecule has 1 aromatic heterocycles. The highest BCUT2D eigenvalue weighted by molar-refractivity contribution is 5.92. The lowest BCUT2D eigenvalue weighted by Gasteiger charge is -2.13. The number of rotatable bonds is 6. The van der Waals surface area contributed by atoms with Crippen molar-refractivity contribution in [3.8, 4) is 11.5 Å². The Morgan fingerprint density at radius 3 is 2.56 bits per heavy atom. The van der Waals surface area contributed by atoms with Gasteiger partial charge in [0.1, 0.15) is 17.2 Å². The number of pyridine rings is 1. The molecule has 0 radical (unpaired) electrons. The second-order valence-corrected chi connectivity index (χ2v) is 6.08. The molecule has 1 heterocycles. The van der Waals surface area contributed by atoms with Crippen molar-refractivity contribution in [1.29, 1.82) is 0 Å². The van der Waals surface area contributed by atoms with E-state index in [-0.39, 0.29) is 11.9 Å². The monoisotopic (exact) mass is 341 g/mol. The van der Waals surface area contributed by atoms with Gasteiger partial charge in [-0.1, -0.05) is 12.8 Å². The van der Waals surface area contributed by atoms with Crippen LogP contribution in [0.3, 0.4) is 0 Å². The second kappa shape index (κ2) is 7.88. The first-order valence-corrected chi connectivity index (χ1v) is 8.45. The summed E-state index contributed by atoms with van der Waals surface area (Å²) in [7, 11) is 3.23. The molecule has 0 spiro atoms. The van der Waals surface area contributed by atoms with Gasteiger partial charge in [-0.2, -0.15) is 0 Å². The maximum Gasteiger partial charge on any atom is 0.270 e. The minimum atomic E-state index is -0.114. The van der Waals surface area contributed by atoms with Gasteiger partial charge in [-0.25, -0.2) is 4.98 Å². The fraction of sp³-hybridized carbons (Fsp3) is 0.368.